The zero-order valence-electron chi connectivity index (χ0n) is 15.2. The van der Waals surface area contributed by atoms with Gasteiger partial charge in [0.2, 0.25) is 0 Å². The van der Waals surface area contributed by atoms with Crippen LogP contribution in [0.1, 0.15) is 37.7 Å². The number of carboxylic acid groups (broad SMARTS) is 1. The standard InChI is InChI=1S/C21H20N2O4/c1-13-6-3-4-9-16(13)19-22-17(18(23-19)20(24)25)11-10-14-7-5-8-15(12-14)21(26)27-2/h3-9,12H,10-11H2,1-2H3,(H,22,23)(H,24,25). The molecule has 0 aliphatic carbocycles. The number of aromatic nitrogens is 2. The molecule has 3 rings (SSSR count). The van der Waals surface area contributed by atoms with Gasteiger partial charge in [0.1, 0.15) is 5.82 Å². The molecule has 0 aliphatic rings. The van der Waals surface area contributed by atoms with Gasteiger partial charge in [0.05, 0.1) is 18.4 Å². The lowest BCUT2D eigenvalue weighted by atomic mass is 10.0. The number of methoxy groups -OCH3 is 1. The van der Waals surface area contributed by atoms with Crippen LogP contribution in [0.25, 0.3) is 11.4 Å². The van der Waals surface area contributed by atoms with E-state index in [1.165, 1.54) is 7.11 Å². The summed E-state index contributed by atoms with van der Waals surface area (Å²) in [5.41, 5.74) is 3.86. The second-order valence-electron chi connectivity index (χ2n) is 6.22. The minimum atomic E-state index is -1.07. The van der Waals surface area contributed by atoms with Crippen molar-refractivity contribution >= 4 is 11.9 Å². The van der Waals surface area contributed by atoms with Crippen molar-refractivity contribution in [2.24, 2.45) is 0 Å². The van der Waals surface area contributed by atoms with Crippen LogP contribution in [0.15, 0.2) is 48.5 Å². The fraction of sp³-hybridized carbons (Fsp3) is 0.190. The Morgan fingerprint density at radius 3 is 2.59 bits per heavy atom. The number of carboxylic acids is 1. The zero-order valence-corrected chi connectivity index (χ0v) is 15.2. The number of hydrogen-bond donors (Lipinski definition) is 2. The first-order valence-corrected chi connectivity index (χ1v) is 8.55. The number of aromatic carboxylic acids is 1. The van der Waals surface area contributed by atoms with E-state index in [1.807, 2.05) is 37.3 Å². The molecule has 0 bridgehead atoms. The van der Waals surface area contributed by atoms with Gasteiger partial charge in [-0.15, -0.1) is 0 Å². The fourth-order valence-electron chi connectivity index (χ4n) is 2.97. The monoisotopic (exact) mass is 364 g/mol. The minimum Gasteiger partial charge on any atom is -0.476 e. The molecule has 6 nitrogen and oxygen atoms in total. The van der Waals surface area contributed by atoms with Crippen LogP contribution in [0.3, 0.4) is 0 Å². The number of aromatic amines is 1. The lowest BCUT2D eigenvalue weighted by Crippen LogP contribution is -2.04. The molecule has 0 unspecified atom stereocenters. The van der Waals surface area contributed by atoms with Crippen LogP contribution in [0.2, 0.25) is 0 Å². The van der Waals surface area contributed by atoms with E-state index in [1.54, 1.807) is 18.2 Å². The van der Waals surface area contributed by atoms with Crippen LogP contribution in [-0.4, -0.2) is 34.1 Å². The Morgan fingerprint density at radius 1 is 1.11 bits per heavy atom. The van der Waals surface area contributed by atoms with E-state index >= 15 is 0 Å². The average Bonchev–Trinajstić information content (AvgIpc) is 3.10. The molecule has 2 aromatic carbocycles. The van der Waals surface area contributed by atoms with Gasteiger partial charge in [0.15, 0.2) is 5.69 Å². The van der Waals surface area contributed by atoms with E-state index in [2.05, 4.69) is 9.97 Å². The summed E-state index contributed by atoms with van der Waals surface area (Å²) in [6.07, 6.45) is 1.03. The van der Waals surface area contributed by atoms with E-state index in [4.69, 9.17) is 4.74 Å². The summed E-state index contributed by atoms with van der Waals surface area (Å²) in [6, 6.07) is 14.8. The van der Waals surface area contributed by atoms with Crippen LogP contribution < -0.4 is 0 Å². The number of ether oxygens (including phenoxy) is 1. The molecule has 27 heavy (non-hydrogen) atoms. The largest absolute Gasteiger partial charge is 0.476 e. The Morgan fingerprint density at radius 2 is 1.89 bits per heavy atom. The summed E-state index contributed by atoms with van der Waals surface area (Å²) in [5, 5.41) is 9.50. The lowest BCUT2D eigenvalue weighted by molar-refractivity contribution is 0.0599. The number of nitrogens with zero attached hydrogens (tertiary/aromatic N) is 1. The van der Waals surface area contributed by atoms with Crippen molar-refractivity contribution in [1.82, 2.24) is 9.97 Å². The topological polar surface area (TPSA) is 92.3 Å². The third-order valence-corrected chi connectivity index (χ3v) is 4.39. The number of nitrogens with one attached hydrogen (secondary N) is 1. The maximum Gasteiger partial charge on any atom is 0.356 e. The number of aryl methyl sites for hydroxylation is 3. The van der Waals surface area contributed by atoms with Crippen LogP contribution >= 0.6 is 0 Å². The van der Waals surface area contributed by atoms with Crippen LogP contribution in [-0.2, 0) is 17.6 Å². The maximum atomic E-state index is 11.7. The number of carbonyl (C=O) groups is 2. The Kier molecular flexibility index (Phi) is 5.35. The van der Waals surface area contributed by atoms with Crippen molar-refractivity contribution in [1.29, 1.82) is 0 Å². The molecule has 6 heteroatoms. The number of carbonyl (C=O) groups excluding carboxylic acids is 1. The van der Waals surface area contributed by atoms with E-state index in [9.17, 15) is 14.7 Å². The fourth-order valence-corrected chi connectivity index (χ4v) is 2.97. The Hall–Kier alpha value is -3.41. The molecule has 0 fully saturated rings. The van der Waals surface area contributed by atoms with Crippen molar-refractivity contribution in [3.05, 3.63) is 76.6 Å². The molecule has 0 amide bonds. The Balaban J connectivity index is 1.86. The van der Waals surface area contributed by atoms with Gasteiger partial charge in [0, 0.05) is 5.56 Å². The second-order valence-corrected chi connectivity index (χ2v) is 6.22. The third kappa shape index (κ3) is 4.06. The summed E-state index contributed by atoms with van der Waals surface area (Å²) in [7, 11) is 1.34. The first-order valence-electron chi connectivity index (χ1n) is 8.55. The van der Waals surface area contributed by atoms with Crippen LogP contribution in [0.5, 0.6) is 0 Å². The second kappa shape index (κ2) is 7.86. The van der Waals surface area contributed by atoms with Gasteiger partial charge in [0.25, 0.3) is 0 Å². The molecule has 0 saturated carbocycles. The van der Waals surface area contributed by atoms with E-state index in [0.29, 0.717) is 29.9 Å². The molecule has 0 aliphatic heterocycles. The first-order chi connectivity index (χ1) is 13.0. The number of benzene rings is 2. The van der Waals surface area contributed by atoms with Crippen molar-refractivity contribution in [3.8, 4) is 11.4 Å². The lowest BCUT2D eigenvalue weighted by Gasteiger charge is -2.04. The van der Waals surface area contributed by atoms with Gasteiger partial charge < -0.3 is 14.8 Å². The zero-order chi connectivity index (χ0) is 19.4. The van der Waals surface area contributed by atoms with E-state index in [-0.39, 0.29) is 5.69 Å². The molecule has 1 heterocycles. The minimum absolute atomic E-state index is 0.0253. The highest BCUT2D eigenvalue weighted by molar-refractivity contribution is 5.89. The van der Waals surface area contributed by atoms with Gasteiger partial charge in [-0.25, -0.2) is 14.6 Å². The van der Waals surface area contributed by atoms with Gasteiger partial charge in [-0.3, -0.25) is 0 Å². The summed E-state index contributed by atoms with van der Waals surface area (Å²) in [6.45, 7) is 1.95. The smallest absolute Gasteiger partial charge is 0.356 e. The Bertz CT molecular complexity index is 991. The third-order valence-electron chi connectivity index (χ3n) is 4.39. The molecule has 2 N–H and O–H groups in total. The predicted octanol–water partition coefficient (Wildman–Crippen LogP) is 3.66. The molecule has 138 valence electrons. The van der Waals surface area contributed by atoms with E-state index in [0.717, 1.165) is 16.7 Å². The average molecular weight is 364 g/mol. The quantitative estimate of drug-likeness (QED) is 0.651. The molecule has 3 aromatic rings. The molecule has 1 aromatic heterocycles. The SMILES string of the molecule is COC(=O)c1cccc(CCc2[nH]c(-c3ccccc3C)nc2C(=O)O)c1. The molecule has 0 atom stereocenters. The van der Waals surface area contributed by atoms with Gasteiger partial charge >= 0.3 is 11.9 Å². The first kappa shape index (κ1) is 18.4. The van der Waals surface area contributed by atoms with Crippen LogP contribution in [0.4, 0.5) is 0 Å². The molecule has 0 radical (unpaired) electrons. The van der Waals surface area contributed by atoms with Crippen molar-refractivity contribution in [2.45, 2.75) is 19.8 Å². The highest BCUT2D eigenvalue weighted by Gasteiger charge is 2.18. The molecular weight excluding hydrogens is 344 g/mol. The van der Waals surface area contributed by atoms with Gasteiger partial charge in [-0.05, 0) is 43.0 Å². The predicted molar refractivity (Wildman–Crippen MR) is 101 cm³/mol. The summed E-state index contributed by atoms with van der Waals surface area (Å²) >= 11 is 0. The van der Waals surface area contributed by atoms with Gasteiger partial charge in [-0.2, -0.15) is 0 Å². The van der Waals surface area contributed by atoms with Crippen LogP contribution in [0, 0.1) is 6.92 Å². The summed E-state index contributed by atoms with van der Waals surface area (Å²) in [5.74, 6) is -0.917. The number of H-pyrrole nitrogens is 1. The van der Waals surface area contributed by atoms with Gasteiger partial charge in [-0.1, -0.05) is 36.4 Å². The van der Waals surface area contributed by atoms with Crippen molar-refractivity contribution < 1.29 is 19.4 Å². The number of rotatable bonds is 6. The molecular formula is C21H20N2O4. The molecule has 0 saturated heterocycles. The maximum absolute atomic E-state index is 11.7. The highest BCUT2D eigenvalue weighted by atomic mass is 16.5. The molecule has 0 spiro atoms. The number of esters is 1. The summed E-state index contributed by atoms with van der Waals surface area (Å²) < 4.78 is 4.74. The highest BCUT2D eigenvalue weighted by Crippen LogP contribution is 2.23. The normalized spacial score (nSPS) is 10.6. The van der Waals surface area contributed by atoms with E-state index < -0.39 is 11.9 Å². The van der Waals surface area contributed by atoms with Crippen molar-refractivity contribution in [2.75, 3.05) is 7.11 Å². The van der Waals surface area contributed by atoms with Crippen molar-refractivity contribution in [3.63, 3.8) is 0 Å². The summed E-state index contributed by atoms with van der Waals surface area (Å²) in [4.78, 5) is 30.7. The Labute approximate surface area is 156 Å². The number of hydrogen-bond acceptors (Lipinski definition) is 4. The number of imidazole rings is 1.